The second-order valence-corrected chi connectivity index (χ2v) is 6.86. The standard InChI is InChI=1S/C25H26O6/c1-5-23(26)29-13-11-19-7-8-21(15-17(19)3)25(28)31-22-10-9-20(18(4)16-22)12-14-30-24(27)6-2/h5-10,15-16H,1-2,11-14H2,3-4H3. The van der Waals surface area contributed by atoms with Crippen LogP contribution in [0.3, 0.4) is 0 Å². The number of ether oxygens (including phenoxy) is 3. The summed E-state index contributed by atoms with van der Waals surface area (Å²) in [6.45, 7) is 11.0. The van der Waals surface area contributed by atoms with E-state index in [4.69, 9.17) is 14.2 Å². The maximum atomic E-state index is 12.5. The van der Waals surface area contributed by atoms with Gasteiger partial charge in [-0.1, -0.05) is 25.3 Å². The molecule has 0 heterocycles. The smallest absolute Gasteiger partial charge is 0.343 e. The van der Waals surface area contributed by atoms with E-state index in [0.717, 1.165) is 34.4 Å². The van der Waals surface area contributed by atoms with Crippen LogP contribution < -0.4 is 4.74 Å². The summed E-state index contributed by atoms with van der Waals surface area (Å²) in [5.41, 5.74) is 4.24. The van der Waals surface area contributed by atoms with E-state index in [2.05, 4.69) is 13.2 Å². The first-order valence-corrected chi connectivity index (χ1v) is 9.83. The Morgan fingerprint density at radius 3 is 1.81 bits per heavy atom. The van der Waals surface area contributed by atoms with Crippen molar-refractivity contribution >= 4 is 17.9 Å². The lowest BCUT2D eigenvalue weighted by Gasteiger charge is -2.11. The van der Waals surface area contributed by atoms with Crippen LogP contribution in [0.2, 0.25) is 0 Å². The summed E-state index contributed by atoms with van der Waals surface area (Å²) in [6.07, 6.45) is 3.35. The lowest BCUT2D eigenvalue weighted by molar-refractivity contribution is -0.138. The van der Waals surface area contributed by atoms with E-state index >= 15 is 0 Å². The summed E-state index contributed by atoms with van der Waals surface area (Å²) < 4.78 is 15.5. The Balaban J connectivity index is 1.96. The minimum atomic E-state index is -0.461. The highest BCUT2D eigenvalue weighted by atomic mass is 16.5. The van der Waals surface area contributed by atoms with Gasteiger partial charge in [0.15, 0.2) is 0 Å². The zero-order valence-corrected chi connectivity index (χ0v) is 17.8. The van der Waals surface area contributed by atoms with Crippen LogP contribution in [0.4, 0.5) is 0 Å². The molecule has 0 aromatic heterocycles. The Labute approximate surface area is 182 Å². The lowest BCUT2D eigenvalue weighted by Crippen LogP contribution is -2.10. The molecule has 2 aromatic carbocycles. The molecular weight excluding hydrogens is 396 g/mol. The largest absolute Gasteiger partial charge is 0.462 e. The fraction of sp³-hybridized carbons (Fsp3) is 0.240. The van der Waals surface area contributed by atoms with Gasteiger partial charge in [-0.15, -0.1) is 0 Å². The van der Waals surface area contributed by atoms with Gasteiger partial charge in [-0.25, -0.2) is 14.4 Å². The van der Waals surface area contributed by atoms with Crippen LogP contribution in [0.15, 0.2) is 61.7 Å². The molecule has 2 rings (SSSR count). The van der Waals surface area contributed by atoms with Gasteiger partial charge in [0, 0.05) is 25.0 Å². The first-order valence-electron chi connectivity index (χ1n) is 9.83. The Hall–Kier alpha value is -3.67. The number of rotatable bonds is 10. The third kappa shape index (κ3) is 7.26. The molecule has 0 unspecified atom stereocenters. The van der Waals surface area contributed by atoms with Crippen molar-refractivity contribution in [1.82, 2.24) is 0 Å². The van der Waals surface area contributed by atoms with Gasteiger partial charge in [-0.2, -0.15) is 0 Å². The topological polar surface area (TPSA) is 78.9 Å². The second-order valence-electron chi connectivity index (χ2n) is 6.86. The van der Waals surface area contributed by atoms with Crippen molar-refractivity contribution < 1.29 is 28.6 Å². The molecule has 6 heteroatoms. The van der Waals surface area contributed by atoms with E-state index in [1.54, 1.807) is 24.3 Å². The maximum absolute atomic E-state index is 12.5. The highest BCUT2D eigenvalue weighted by molar-refractivity contribution is 5.91. The minimum Gasteiger partial charge on any atom is -0.462 e. The van der Waals surface area contributed by atoms with Crippen LogP contribution in [-0.2, 0) is 31.9 Å². The molecule has 6 nitrogen and oxygen atoms in total. The van der Waals surface area contributed by atoms with E-state index in [1.807, 2.05) is 26.0 Å². The van der Waals surface area contributed by atoms with Crippen LogP contribution in [-0.4, -0.2) is 31.1 Å². The van der Waals surface area contributed by atoms with Gasteiger partial charge < -0.3 is 14.2 Å². The zero-order valence-electron chi connectivity index (χ0n) is 17.8. The van der Waals surface area contributed by atoms with Crippen LogP contribution in [0, 0.1) is 13.8 Å². The van der Waals surface area contributed by atoms with E-state index in [1.165, 1.54) is 0 Å². The third-order valence-corrected chi connectivity index (χ3v) is 4.67. The van der Waals surface area contributed by atoms with Crippen molar-refractivity contribution in [2.24, 2.45) is 0 Å². The molecule has 0 radical (unpaired) electrons. The molecule has 0 N–H and O–H groups in total. The fourth-order valence-electron chi connectivity index (χ4n) is 2.92. The number of benzene rings is 2. The average Bonchev–Trinajstić information content (AvgIpc) is 2.75. The van der Waals surface area contributed by atoms with Crippen LogP contribution in [0.1, 0.15) is 32.6 Å². The summed E-state index contributed by atoms with van der Waals surface area (Å²) >= 11 is 0. The molecule has 0 atom stereocenters. The van der Waals surface area contributed by atoms with E-state index in [9.17, 15) is 14.4 Å². The molecule has 0 bridgehead atoms. The van der Waals surface area contributed by atoms with Gasteiger partial charge in [-0.3, -0.25) is 0 Å². The Kier molecular flexibility index (Phi) is 8.76. The van der Waals surface area contributed by atoms with Crippen molar-refractivity contribution in [1.29, 1.82) is 0 Å². The van der Waals surface area contributed by atoms with Gasteiger partial charge in [0.1, 0.15) is 5.75 Å². The molecule has 0 amide bonds. The van der Waals surface area contributed by atoms with Gasteiger partial charge in [0.25, 0.3) is 0 Å². The number of hydrogen-bond donors (Lipinski definition) is 0. The quantitative estimate of drug-likeness (QED) is 0.326. The highest BCUT2D eigenvalue weighted by Gasteiger charge is 2.12. The SMILES string of the molecule is C=CC(=O)OCCc1ccc(OC(=O)c2ccc(CCOC(=O)C=C)c(C)c2)cc1C. The predicted molar refractivity (Wildman–Crippen MR) is 117 cm³/mol. The molecule has 31 heavy (non-hydrogen) atoms. The summed E-state index contributed by atoms with van der Waals surface area (Å²) in [4.78, 5) is 34.8. The number of aryl methyl sites for hydroxylation is 2. The van der Waals surface area contributed by atoms with Crippen LogP contribution >= 0.6 is 0 Å². The fourth-order valence-corrected chi connectivity index (χ4v) is 2.92. The third-order valence-electron chi connectivity index (χ3n) is 4.67. The number of esters is 3. The maximum Gasteiger partial charge on any atom is 0.343 e. The zero-order chi connectivity index (χ0) is 22.8. The van der Waals surface area contributed by atoms with Crippen molar-refractivity contribution in [3.8, 4) is 5.75 Å². The molecule has 0 aliphatic rings. The molecule has 0 saturated carbocycles. The molecule has 2 aromatic rings. The van der Waals surface area contributed by atoms with Gasteiger partial charge in [0.2, 0.25) is 0 Å². The summed E-state index contributed by atoms with van der Waals surface area (Å²) in [6, 6.07) is 10.6. The van der Waals surface area contributed by atoms with E-state index < -0.39 is 17.9 Å². The molecule has 162 valence electrons. The van der Waals surface area contributed by atoms with Crippen molar-refractivity contribution in [3.63, 3.8) is 0 Å². The second kappa shape index (κ2) is 11.5. The highest BCUT2D eigenvalue weighted by Crippen LogP contribution is 2.20. The number of carbonyl (C=O) groups is 3. The first-order chi connectivity index (χ1) is 14.8. The number of carbonyl (C=O) groups excluding carboxylic acids is 3. The van der Waals surface area contributed by atoms with Crippen molar-refractivity contribution in [2.75, 3.05) is 13.2 Å². The molecule has 0 saturated heterocycles. The molecule has 0 fully saturated rings. The normalized spacial score (nSPS) is 10.1. The predicted octanol–water partition coefficient (Wildman–Crippen LogP) is 4.07. The van der Waals surface area contributed by atoms with Crippen molar-refractivity contribution in [2.45, 2.75) is 26.7 Å². The van der Waals surface area contributed by atoms with Gasteiger partial charge >= 0.3 is 17.9 Å². The van der Waals surface area contributed by atoms with Gasteiger partial charge in [-0.05, 0) is 60.4 Å². The molecule has 0 aliphatic heterocycles. The Morgan fingerprint density at radius 2 is 1.32 bits per heavy atom. The van der Waals surface area contributed by atoms with Crippen molar-refractivity contribution in [3.05, 3.63) is 89.5 Å². The molecular formula is C25H26O6. The van der Waals surface area contributed by atoms with Crippen LogP contribution in [0.5, 0.6) is 5.75 Å². The van der Waals surface area contributed by atoms with Crippen LogP contribution in [0.25, 0.3) is 0 Å². The summed E-state index contributed by atoms with van der Waals surface area (Å²) in [7, 11) is 0. The summed E-state index contributed by atoms with van der Waals surface area (Å²) in [5.74, 6) is -0.938. The molecule has 0 spiro atoms. The Bertz CT molecular complexity index is 990. The summed E-state index contributed by atoms with van der Waals surface area (Å²) in [5, 5.41) is 0. The lowest BCUT2D eigenvalue weighted by atomic mass is 10.0. The van der Waals surface area contributed by atoms with E-state index in [0.29, 0.717) is 24.2 Å². The first kappa shape index (κ1) is 23.6. The number of hydrogen-bond acceptors (Lipinski definition) is 6. The monoisotopic (exact) mass is 422 g/mol. The molecule has 0 aliphatic carbocycles. The Morgan fingerprint density at radius 1 is 0.806 bits per heavy atom. The average molecular weight is 422 g/mol. The minimum absolute atomic E-state index is 0.244. The van der Waals surface area contributed by atoms with Gasteiger partial charge in [0.05, 0.1) is 18.8 Å². The van der Waals surface area contributed by atoms with E-state index in [-0.39, 0.29) is 13.2 Å².